The lowest BCUT2D eigenvalue weighted by atomic mass is 10.1. The van der Waals surface area contributed by atoms with Crippen LogP contribution in [0.4, 0.5) is 0 Å². The zero-order valence-electron chi connectivity index (χ0n) is 11.5. The Morgan fingerprint density at radius 2 is 1.89 bits per heavy atom. The summed E-state index contributed by atoms with van der Waals surface area (Å²) >= 11 is 1.73. The molecule has 0 heterocycles. The molecule has 0 aromatic heterocycles. The average molecular weight is 281 g/mol. The van der Waals surface area contributed by atoms with Crippen LogP contribution in [0.15, 0.2) is 24.3 Å². The molecule has 104 valence electrons. The molecule has 0 spiro atoms. The van der Waals surface area contributed by atoms with E-state index < -0.39 is 5.97 Å². The second-order valence-electron chi connectivity index (χ2n) is 4.10. The third kappa shape index (κ3) is 4.95. The molecule has 0 N–H and O–H groups in total. The van der Waals surface area contributed by atoms with Crippen molar-refractivity contribution in [2.75, 3.05) is 26.5 Å². The van der Waals surface area contributed by atoms with Crippen LogP contribution >= 0.6 is 11.8 Å². The lowest BCUT2D eigenvalue weighted by Gasteiger charge is -2.16. The SMILES string of the molecule is CCOC(=O)CN(C)C(=O)c1ccc(CSC)cc1. The molecule has 0 fully saturated rings. The molecular weight excluding hydrogens is 262 g/mol. The first-order chi connectivity index (χ1) is 9.08. The number of thioether (sulfide) groups is 1. The molecular formula is C14H19NO3S. The van der Waals surface area contributed by atoms with Gasteiger partial charge in [0.2, 0.25) is 0 Å². The Morgan fingerprint density at radius 3 is 2.42 bits per heavy atom. The number of carbonyl (C=O) groups is 2. The topological polar surface area (TPSA) is 46.6 Å². The van der Waals surface area contributed by atoms with Crippen LogP contribution in [-0.4, -0.2) is 43.2 Å². The molecule has 0 saturated heterocycles. The molecule has 0 radical (unpaired) electrons. The van der Waals surface area contributed by atoms with Crippen molar-refractivity contribution in [1.82, 2.24) is 4.90 Å². The molecule has 1 aromatic rings. The van der Waals surface area contributed by atoms with E-state index in [-0.39, 0.29) is 12.5 Å². The highest BCUT2D eigenvalue weighted by atomic mass is 32.2. The zero-order valence-corrected chi connectivity index (χ0v) is 12.3. The van der Waals surface area contributed by atoms with E-state index >= 15 is 0 Å². The third-order valence-electron chi connectivity index (χ3n) is 2.53. The van der Waals surface area contributed by atoms with Crippen molar-refractivity contribution < 1.29 is 14.3 Å². The van der Waals surface area contributed by atoms with Gasteiger partial charge in [0.1, 0.15) is 6.54 Å². The first-order valence-corrected chi connectivity index (χ1v) is 7.46. The Kier molecular flexibility index (Phi) is 6.42. The van der Waals surface area contributed by atoms with Gasteiger partial charge < -0.3 is 9.64 Å². The highest BCUT2D eigenvalue weighted by molar-refractivity contribution is 7.97. The van der Waals surface area contributed by atoms with Gasteiger partial charge in [0.25, 0.3) is 5.91 Å². The van der Waals surface area contributed by atoms with Gasteiger partial charge in [-0.2, -0.15) is 11.8 Å². The Balaban J connectivity index is 2.63. The maximum absolute atomic E-state index is 12.1. The number of benzene rings is 1. The highest BCUT2D eigenvalue weighted by Gasteiger charge is 2.15. The van der Waals surface area contributed by atoms with E-state index in [1.54, 1.807) is 37.9 Å². The Hall–Kier alpha value is -1.49. The van der Waals surface area contributed by atoms with Gasteiger partial charge in [0.05, 0.1) is 6.61 Å². The molecule has 0 aliphatic carbocycles. The molecule has 0 unspecified atom stereocenters. The summed E-state index contributed by atoms with van der Waals surface area (Å²) < 4.78 is 4.81. The second-order valence-corrected chi connectivity index (χ2v) is 4.96. The van der Waals surface area contributed by atoms with Gasteiger partial charge in [-0.05, 0) is 30.9 Å². The van der Waals surface area contributed by atoms with E-state index in [0.29, 0.717) is 12.2 Å². The largest absolute Gasteiger partial charge is 0.465 e. The smallest absolute Gasteiger partial charge is 0.325 e. The summed E-state index contributed by atoms with van der Waals surface area (Å²) in [6, 6.07) is 7.44. The maximum atomic E-state index is 12.1. The number of hydrogen-bond donors (Lipinski definition) is 0. The van der Waals surface area contributed by atoms with Gasteiger partial charge in [-0.3, -0.25) is 9.59 Å². The highest BCUT2D eigenvalue weighted by Crippen LogP contribution is 2.11. The molecule has 1 amide bonds. The van der Waals surface area contributed by atoms with Crippen molar-refractivity contribution in [2.24, 2.45) is 0 Å². The van der Waals surface area contributed by atoms with Crippen LogP contribution in [0.1, 0.15) is 22.8 Å². The Bertz CT molecular complexity index is 431. The fraction of sp³-hybridized carbons (Fsp3) is 0.429. The Morgan fingerprint density at radius 1 is 1.26 bits per heavy atom. The van der Waals surface area contributed by atoms with Crippen LogP contribution in [0.25, 0.3) is 0 Å². The van der Waals surface area contributed by atoms with Crippen molar-refractivity contribution in [3.8, 4) is 0 Å². The van der Waals surface area contributed by atoms with Gasteiger partial charge in [-0.15, -0.1) is 0 Å². The van der Waals surface area contributed by atoms with Gasteiger partial charge in [-0.25, -0.2) is 0 Å². The number of likely N-dealkylation sites (N-methyl/N-ethyl adjacent to an activating group) is 1. The lowest BCUT2D eigenvalue weighted by Crippen LogP contribution is -2.33. The third-order valence-corrected chi connectivity index (χ3v) is 3.15. The summed E-state index contributed by atoms with van der Waals surface area (Å²) in [6.07, 6.45) is 2.03. The monoisotopic (exact) mass is 281 g/mol. The van der Waals surface area contributed by atoms with Gasteiger partial charge in [0, 0.05) is 18.4 Å². The number of amides is 1. The molecule has 0 atom stereocenters. The number of carbonyl (C=O) groups excluding carboxylic acids is 2. The summed E-state index contributed by atoms with van der Waals surface area (Å²) in [5, 5.41) is 0. The number of ether oxygens (including phenoxy) is 1. The van der Waals surface area contributed by atoms with Crippen molar-refractivity contribution in [1.29, 1.82) is 0 Å². The first kappa shape index (κ1) is 15.6. The molecule has 1 aromatic carbocycles. The quantitative estimate of drug-likeness (QED) is 0.750. The van der Waals surface area contributed by atoms with Crippen LogP contribution < -0.4 is 0 Å². The van der Waals surface area contributed by atoms with E-state index in [0.717, 1.165) is 5.75 Å². The molecule has 5 heteroatoms. The minimum Gasteiger partial charge on any atom is -0.465 e. The van der Waals surface area contributed by atoms with Crippen LogP contribution in [0, 0.1) is 0 Å². The van der Waals surface area contributed by atoms with Gasteiger partial charge in [-0.1, -0.05) is 12.1 Å². The van der Waals surface area contributed by atoms with Crippen molar-refractivity contribution in [3.05, 3.63) is 35.4 Å². The summed E-state index contributed by atoms with van der Waals surface area (Å²) in [6.45, 7) is 2.04. The minimum atomic E-state index is -0.391. The van der Waals surface area contributed by atoms with E-state index in [2.05, 4.69) is 0 Å². The number of nitrogens with zero attached hydrogens (tertiary/aromatic N) is 1. The first-order valence-electron chi connectivity index (χ1n) is 6.07. The molecule has 0 aliphatic heterocycles. The van der Waals surface area contributed by atoms with Crippen molar-refractivity contribution >= 4 is 23.6 Å². The van der Waals surface area contributed by atoms with Crippen LogP contribution in [-0.2, 0) is 15.3 Å². The predicted octanol–water partition coefficient (Wildman–Crippen LogP) is 2.18. The molecule has 4 nitrogen and oxygen atoms in total. The summed E-state index contributed by atoms with van der Waals surface area (Å²) in [5.74, 6) is 0.355. The Labute approximate surface area is 118 Å². The van der Waals surface area contributed by atoms with Crippen LogP contribution in [0.5, 0.6) is 0 Å². The minimum absolute atomic E-state index is 0.0285. The standard InChI is InChI=1S/C14H19NO3S/c1-4-18-13(16)9-15(2)14(17)12-7-5-11(6-8-12)10-19-3/h5-8H,4,9-10H2,1-3H3. The molecule has 0 saturated carbocycles. The van der Waals surface area contributed by atoms with Crippen LogP contribution in [0.3, 0.4) is 0 Å². The van der Waals surface area contributed by atoms with Gasteiger partial charge >= 0.3 is 5.97 Å². The number of rotatable bonds is 6. The summed E-state index contributed by atoms with van der Waals surface area (Å²) in [4.78, 5) is 24.7. The van der Waals surface area contributed by atoms with E-state index in [4.69, 9.17) is 4.74 Å². The van der Waals surface area contributed by atoms with Crippen LogP contribution in [0.2, 0.25) is 0 Å². The van der Waals surface area contributed by atoms with Gasteiger partial charge in [0.15, 0.2) is 0 Å². The van der Waals surface area contributed by atoms with E-state index in [9.17, 15) is 9.59 Å². The van der Waals surface area contributed by atoms with Crippen molar-refractivity contribution in [3.63, 3.8) is 0 Å². The molecule has 0 bridgehead atoms. The molecule has 1 rings (SSSR count). The lowest BCUT2D eigenvalue weighted by molar-refractivity contribution is -0.143. The second kappa shape index (κ2) is 7.84. The summed E-state index contributed by atoms with van der Waals surface area (Å²) in [5.41, 5.74) is 1.76. The number of esters is 1. The fourth-order valence-electron chi connectivity index (χ4n) is 1.60. The van der Waals surface area contributed by atoms with Crippen molar-refractivity contribution in [2.45, 2.75) is 12.7 Å². The fourth-order valence-corrected chi connectivity index (χ4v) is 2.13. The zero-order chi connectivity index (χ0) is 14.3. The van der Waals surface area contributed by atoms with E-state index in [1.165, 1.54) is 10.5 Å². The normalized spacial score (nSPS) is 10.1. The maximum Gasteiger partial charge on any atom is 0.325 e. The van der Waals surface area contributed by atoms with E-state index in [1.807, 2.05) is 18.4 Å². The predicted molar refractivity (Wildman–Crippen MR) is 77.3 cm³/mol. The average Bonchev–Trinajstić information content (AvgIpc) is 2.39. The number of hydrogen-bond acceptors (Lipinski definition) is 4. The summed E-state index contributed by atoms with van der Waals surface area (Å²) in [7, 11) is 1.59. The molecule has 0 aliphatic rings. The molecule has 19 heavy (non-hydrogen) atoms.